The minimum absolute atomic E-state index is 0.00896. The van der Waals surface area contributed by atoms with Gasteiger partial charge < -0.3 is 10.2 Å². The monoisotopic (exact) mass is 293 g/mol. The van der Waals surface area contributed by atoms with Gasteiger partial charge >= 0.3 is 0 Å². The van der Waals surface area contributed by atoms with Crippen LogP contribution in [0, 0.1) is 5.95 Å². The van der Waals surface area contributed by atoms with Crippen LogP contribution in [0.1, 0.15) is 10.5 Å². The van der Waals surface area contributed by atoms with Crippen molar-refractivity contribution in [3.8, 4) is 0 Å². The predicted octanol–water partition coefficient (Wildman–Crippen LogP) is 3.19. The maximum Gasteiger partial charge on any atom is 0.274 e. The Morgan fingerprint density at radius 3 is 2.70 bits per heavy atom. The summed E-state index contributed by atoms with van der Waals surface area (Å²) in [6.45, 7) is 0. The van der Waals surface area contributed by atoms with Crippen LogP contribution in [0.15, 0.2) is 36.4 Å². The summed E-state index contributed by atoms with van der Waals surface area (Å²) in [7, 11) is 3.69. The van der Waals surface area contributed by atoms with Gasteiger partial charge in [-0.3, -0.25) is 4.79 Å². The zero-order chi connectivity index (χ0) is 14.7. The Kier molecular flexibility index (Phi) is 4.20. The first-order valence-electron chi connectivity index (χ1n) is 5.88. The summed E-state index contributed by atoms with van der Waals surface area (Å²) >= 11 is 5.93. The van der Waals surface area contributed by atoms with Crippen molar-refractivity contribution in [2.24, 2.45) is 0 Å². The van der Waals surface area contributed by atoms with Crippen molar-refractivity contribution in [3.63, 3.8) is 0 Å². The third-order valence-electron chi connectivity index (χ3n) is 2.64. The van der Waals surface area contributed by atoms with Gasteiger partial charge in [-0.1, -0.05) is 17.7 Å². The smallest absolute Gasteiger partial charge is 0.274 e. The molecular weight excluding hydrogens is 281 g/mol. The Morgan fingerprint density at radius 2 is 2.05 bits per heavy atom. The van der Waals surface area contributed by atoms with E-state index in [0.29, 0.717) is 10.7 Å². The second-order valence-corrected chi connectivity index (χ2v) is 4.79. The lowest BCUT2D eigenvalue weighted by Crippen LogP contribution is -2.18. The molecule has 0 fully saturated rings. The summed E-state index contributed by atoms with van der Waals surface area (Å²) in [6.07, 6.45) is 0. The molecule has 0 bridgehead atoms. The number of anilines is 2. The van der Waals surface area contributed by atoms with E-state index < -0.39 is 11.9 Å². The maximum absolute atomic E-state index is 13.0. The predicted molar refractivity (Wildman–Crippen MR) is 77.9 cm³/mol. The molecule has 6 heteroatoms. The molecule has 0 spiro atoms. The number of rotatable bonds is 3. The Balaban J connectivity index is 2.30. The van der Waals surface area contributed by atoms with E-state index >= 15 is 0 Å². The summed E-state index contributed by atoms with van der Waals surface area (Å²) in [4.78, 5) is 17.4. The zero-order valence-electron chi connectivity index (χ0n) is 11.0. The van der Waals surface area contributed by atoms with E-state index in [1.807, 2.05) is 19.0 Å². The number of hydrogen-bond donors (Lipinski definition) is 1. The fraction of sp³-hybridized carbons (Fsp3) is 0.143. The van der Waals surface area contributed by atoms with Crippen LogP contribution < -0.4 is 10.2 Å². The second kappa shape index (κ2) is 5.88. The molecule has 1 heterocycles. The van der Waals surface area contributed by atoms with Gasteiger partial charge in [-0.25, -0.2) is 4.98 Å². The van der Waals surface area contributed by atoms with Crippen molar-refractivity contribution >= 4 is 28.9 Å². The van der Waals surface area contributed by atoms with E-state index in [2.05, 4.69) is 10.3 Å². The lowest BCUT2D eigenvalue weighted by Gasteiger charge is -2.18. The molecule has 104 valence electrons. The highest BCUT2D eigenvalue weighted by molar-refractivity contribution is 6.31. The summed E-state index contributed by atoms with van der Waals surface area (Å²) in [6, 6.07) is 9.21. The quantitative estimate of drug-likeness (QED) is 0.884. The van der Waals surface area contributed by atoms with E-state index in [1.165, 1.54) is 18.2 Å². The largest absolute Gasteiger partial charge is 0.376 e. The van der Waals surface area contributed by atoms with Crippen molar-refractivity contribution in [1.82, 2.24) is 4.98 Å². The minimum atomic E-state index is -0.698. The van der Waals surface area contributed by atoms with Crippen LogP contribution in [0.4, 0.5) is 15.8 Å². The van der Waals surface area contributed by atoms with Gasteiger partial charge in [0.2, 0.25) is 5.95 Å². The molecular formula is C14H13ClFN3O. The van der Waals surface area contributed by atoms with E-state index in [0.717, 1.165) is 5.69 Å². The van der Waals surface area contributed by atoms with Gasteiger partial charge in [-0.05, 0) is 30.3 Å². The van der Waals surface area contributed by atoms with Gasteiger partial charge in [0.25, 0.3) is 5.91 Å². The van der Waals surface area contributed by atoms with Crippen LogP contribution in [0.5, 0.6) is 0 Å². The molecule has 0 atom stereocenters. The van der Waals surface area contributed by atoms with Gasteiger partial charge in [0, 0.05) is 19.1 Å². The highest BCUT2D eigenvalue weighted by Gasteiger charge is 2.12. The van der Waals surface area contributed by atoms with Gasteiger partial charge in [-0.15, -0.1) is 0 Å². The molecule has 1 aromatic carbocycles. The van der Waals surface area contributed by atoms with Crippen molar-refractivity contribution in [2.75, 3.05) is 24.3 Å². The van der Waals surface area contributed by atoms with Gasteiger partial charge in [0.1, 0.15) is 5.69 Å². The number of carbonyl (C=O) groups is 1. The molecule has 0 unspecified atom stereocenters. The topological polar surface area (TPSA) is 45.2 Å². The number of amides is 1. The number of pyridine rings is 1. The number of benzene rings is 1. The summed E-state index contributed by atoms with van der Waals surface area (Å²) in [5, 5.41) is 3.18. The SMILES string of the molecule is CN(C)c1ccc(Cl)cc1NC(=O)c1cccc(F)n1. The summed E-state index contributed by atoms with van der Waals surface area (Å²) < 4.78 is 13.0. The molecule has 0 saturated heterocycles. The number of carbonyl (C=O) groups excluding carboxylic acids is 1. The Labute approximate surface area is 121 Å². The van der Waals surface area contributed by atoms with E-state index in [9.17, 15) is 9.18 Å². The summed E-state index contributed by atoms with van der Waals surface area (Å²) in [5.41, 5.74) is 1.34. The first-order valence-corrected chi connectivity index (χ1v) is 6.26. The first-order chi connectivity index (χ1) is 9.47. The third kappa shape index (κ3) is 3.24. The van der Waals surface area contributed by atoms with Gasteiger partial charge in [0.15, 0.2) is 0 Å². The van der Waals surface area contributed by atoms with Crippen molar-refractivity contribution in [2.45, 2.75) is 0 Å². The van der Waals surface area contributed by atoms with Crippen molar-refractivity contribution in [3.05, 3.63) is 53.1 Å². The third-order valence-corrected chi connectivity index (χ3v) is 2.87. The molecule has 0 saturated carbocycles. The van der Waals surface area contributed by atoms with Gasteiger partial charge in [-0.2, -0.15) is 4.39 Å². The van der Waals surface area contributed by atoms with E-state index in [1.54, 1.807) is 18.2 Å². The first kappa shape index (κ1) is 14.3. The number of halogens is 2. The highest BCUT2D eigenvalue weighted by Crippen LogP contribution is 2.28. The van der Waals surface area contributed by atoms with Crippen LogP contribution in [0.3, 0.4) is 0 Å². The number of hydrogen-bond acceptors (Lipinski definition) is 3. The molecule has 4 nitrogen and oxygen atoms in total. The van der Waals surface area contributed by atoms with Gasteiger partial charge in [0.05, 0.1) is 11.4 Å². The fourth-order valence-corrected chi connectivity index (χ4v) is 1.89. The molecule has 1 aromatic heterocycles. The molecule has 0 aliphatic heterocycles. The molecule has 2 rings (SSSR count). The normalized spacial score (nSPS) is 10.2. The Bertz CT molecular complexity index is 646. The van der Waals surface area contributed by atoms with Crippen LogP contribution in [-0.2, 0) is 0 Å². The number of aromatic nitrogens is 1. The molecule has 20 heavy (non-hydrogen) atoms. The van der Waals surface area contributed by atoms with E-state index in [-0.39, 0.29) is 5.69 Å². The number of nitrogens with one attached hydrogen (secondary N) is 1. The van der Waals surface area contributed by atoms with Crippen LogP contribution in [-0.4, -0.2) is 25.0 Å². The fourth-order valence-electron chi connectivity index (χ4n) is 1.72. The van der Waals surface area contributed by atoms with Crippen molar-refractivity contribution in [1.29, 1.82) is 0 Å². The molecule has 0 radical (unpaired) electrons. The highest BCUT2D eigenvalue weighted by atomic mass is 35.5. The zero-order valence-corrected chi connectivity index (χ0v) is 11.8. The van der Waals surface area contributed by atoms with Crippen LogP contribution in [0.25, 0.3) is 0 Å². The van der Waals surface area contributed by atoms with Crippen LogP contribution in [0.2, 0.25) is 5.02 Å². The second-order valence-electron chi connectivity index (χ2n) is 4.36. The molecule has 0 aliphatic rings. The van der Waals surface area contributed by atoms with Crippen LogP contribution >= 0.6 is 11.6 Å². The number of nitrogens with zero attached hydrogens (tertiary/aromatic N) is 2. The Hall–Kier alpha value is -2.14. The molecule has 0 aliphatic carbocycles. The lowest BCUT2D eigenvalue weighted by molar-refractivity contribution is 0.102. The molecule has 1 N–H and O–H groups in total. The van der Waals surface area contributed by atoms with Crippen molar-refractivity contribution < 1.29 is 9.18 Å². The average molecular weight is 294 g/mol. The van der Waals surface area contributed by atoms with E-state index in [4.69, 9.17) is 11.6 Å². The maximum atomic E-state index is 13.0. The standard InChI is InChI=1S/C14H13ClFN3O/c1-19(2)12-7-6-9(15)8-11(12)18-14(20)10-4-3-5-13(16)17-10/h3-8H,1-2H3,(H,18,20). The summed E-state index contributed by atoms with van der Waals surface area (Å²) in [5.74, 6) is -1.19. The average Bonchev–Trinajstić information content (AvgIpc) is 2.38. The Morgan fingerprint density at radius 1 is 1.30 bits per heavy atom. The molecule has 1 amide bonds. The minimum Gasteiger partial charge on any atom is -0.376 e. The lowest BCUT2D eigenvalue weighted by atomic mass is 10.2. The molecule has 2 aromatic rings.